The highest BCUT2D eigenvalue weighted by molar-refractivity contribution is 5.84. The molecule has 0 aliphatic heterocycles. The van der Waals surface area contributed by atoms with E-state index in [0.29, 0.717) is 17.9 Å². The quantitative estimate of drug-likeness (QED) is 0.652. The van der Waals surface area contributed by atoms with Crippen LogP contribution in [0.15, 0.2) is 24.3 Å². The van der Waals surface area contributed by atoms with E-state index in [9.17, 15) is 14.7 Å². The number of carbonyl (C=O) groups is 2. The van der Waals surface area contributed by atoms with E-state index < -0.39 is 24.1 Å². The first-order valence-electron chi connectivity index (χ1n) is 6.97. The van der Waals surface area contributed by atoms with Crippen molar-refractivity contribution in [3.05, 3.63) is 29.8 Å². The first-order valence-corrected chi connectivity index (χ1v) is 6.97. The van der Waals surface area contributed by atoms with Gasteiger partial charge in [0.25, 0.3) is 0 Å². The summed E-state index contributed by atoms with van der Waals surface area (Å²) in [6.45, 7) is 2.38. The van der Waals surface area contributed by atoms with E-state index in [2.05, 4.69) is 15.4 Å². The molecule has 2 unspecified atom stereocenters. The standard InChI is InChI=1S/C15H22N2O5/c1-4-9-16-15(20)17-12(14(19)22-3)13(18)10-5-7-11(21-2)8-6-10/h5-8,12-13,18H,4,9H2,1-3H3,(H2,16,17,20). The van der Waals surface area contributed by atoms with Crippen molar-refractivity contribution >= 4 is 12.0 Å². The Hall–Kier alpha value is -2.28. The van der Waals surface area contributed by atoms with Gasteiger partial charge in [-0.15, -0.1) is 0 Å². The summed E-state index contributed by atoms with van der Waals surface area (Å²) in [7, 11) is 2.73. The van der Waals surface area contributed by atoms with Gasteiger partial charge < -0.3 is 25.2 Å². The minimum absolute atomic E-state index is 0.465. The second-order valence-corrected chi connectivity index (χ2v) is 4.62. The van der Waals surface area contributed by atoms with E-state index in [1.807, 2.05) is 6.92 Å². The molecule has 0 aliphatic carbocycles. The fourth-order valence-electron chi connectivity index (χ4n) is 1.82. The first-order chi connectivity index (χ1) is 10.5. The summed E-state index contributed by atoms with van der Waals surface area (Å²) in [6, 6.07) is 4.81. The topological polar surface area (TPSA) is 96.9 Å². The van der Waals surface area contributed by atoms with Crippen LogP contribution < -0.4 is 15.4 Å². The van der Waals surface area contributed by atoms with Gasteiger partial charge in [-0.1, -0.05) is 19.1 Å². The molecule has 1 aromatic rings. The number of methoxy groups -OCH3 is 2. The number of esters is 1. The summed E-state index contributed by atoms with van der Waals surface area (Å²) >= 11 is 0. The SMILES string of the molecule is CCCNC(=O)NC(C(=O)OC)C(O)c1ccc(OC)cc1. The van der Waals surface area contributed by atoms with E-state index in [4.69, 9.17) is 4.74 Å². The molecule has 0 saturated carbocycles. The van der Waals surface area contributed by atoms with Crippen molar-refractivity contribution in [1.82, 2.24) is 10.6 Å². The summed E-state index contributed by atoms with van der Waals surface area (Å²) in [5.41, 5.74) is 0.465. The number of rotatable bonds is 7. The molecule has 0 bridgehead atoms. The van der Waals surface area contributed by atoms with E-state index in [1.165, 1.54) is 14.2 Å². The fourth-order valence-corrected chi connectivity index (χ4v) is 1.82. The minimum atomic E-state index is -1.23. The smallest absolute Gasteiger partial charge is 0.331 e. The molecule has 0 heterocycles. The van der Waals surface area contributed by atoms with Crippen LogP contribution in [0.2, 0.25) is 0 Å². The Morgan fingerprint density at radius 3 is 2.36 bits per heavy atom. The lowest BCUT2D eigenvalue weighted by atomic mass is 10.0. The Morgan fingerprint density at radius 2 is 1.86 bits per heavy atom. The zero-order chi connectivity index (χ0) is 16.5. The number of urea groups is 1. The highest BCUT2D eigenvalue weighted by Crippen LogP contribution is 2.21. The van der Waals surface area contributed by atoms with Crippen molar-refractivity contribution in [2.45, 2.75) is 25.5 Å². The average Bonchev–Trinajstić information content (AvgIpc) is 2.56. The molecular formula is C15H22N2O5. The van der Waals surface area contributed by atoms with Crippen molar-refractivity contribution < 1.29 is 24.2 Å². The lowest BCUT2D eigenvalue weighted by molar-refractivity contribution is -0.146. The predicted molar refractivity (Wildman–Crippen MR) is 80.6 cm³/mol. The number of aliphatic hydroxyl groups excluding tert-OH is 1. The molecule has 122 valence electrons. The molecule has 0 aromatic heterocycles. The van der Waals surface area contributed by atoms with Gasteiger partial charge in [0.15, 0.2) is 6.04 Å². The molecule has 2 amide bonds. The summed E-state index contributed by atoms with van der Waals surface area (Å²) in [6.07, 6.45) is -0.470. The summed E-state index contributed by atoms with van der Waals surface area (Å²) in [4.78, 5) is 23.5. The van der Waals surface area contributed by atoms with Gasteiger partial charge in [0.1, 0.15) is 11.9 Å². The Balaban J connectivity index is 2.85. The number of carbonyl (C=O) groups excluding carboxylic acids is 2. The van der Waals surface area contributed by atoms with Crippen LogP contribution in [-0.4, -0.2) is 43.9 Å². The predicted octanol–water partition coefficient (Wildman–Crippen LogP) is 0.979. The van der Waals surface area contributed by atoms with E-state index >= 15 is 0 Å². The molecule has 0 aliphatic rings. The molecule has 0 saturated heterocycles. The minimum Gasteiger partial charge on any atom is -0.497 e. The molecule has 7 nitrogen and oxygen atoms in total. The van der Waals surface area contributed by atoms with Crippen LogP contribution in [-0.2, 0) is 9.53 Å². The Bertz CT molecular complexity index is 489. The van der Waals surface area contributed by atoms with Crippen LogP contribution in [0.5, 0.6) is 5.75 Å². The Kier molecular flexibility index (Phi) is 7.18. The van der Waals surface area contributed by atoms with Gasteiger partial charge in [0, 0.05) is 6.54 Å². The molecule has 7 heteroatoms. The summed E-state index contributed by atoms with van der Waals surface area (Å²) in [5, 5.41) is 15.3. The highest BCUT2D eigenvalue weighted by atomic mass is 16.5. The van der Waals surface area contributed by atoms with Crippen molar-refractivity contribution in [2.24, 2.45) is 0 Å². The summed E-state index contributed by atoms with van der Waals surface area (Å²) in [5.74, 6) is -0.103. The lowest BCUT2D eigenvalue weighted by Gasteiger charge is -2.22. The van der Waals surface area contributed by atoms with E-state index in [1.54, 1.807) is 24.3 Å². The molecular weight excluding hydrogens is 288 g/mol. The van der Waals surface area contributed by atoms with Crippen molar-refractivity contribution in [2.75, 3.05) is 20.8 Å². The van der Waals surface area contributed by atoms with Gasteiger partial charge in [-0.25, -0.2) is 9.59 Å². The van der Waals surface area contributed by atoms with Gasteiger partial charge >= 0.3 is 12.0 Å². The van der Waals surface area contributed by atoms with Crippen LogP contribution in [0.3, 0.4) is 0 Å². The molecule has 1 rings (SSSR count). The monoisotopic (exact) mass is 310 g/mol. The number of benzene rings is 1. The molecule has 2 atom stereocenters. The molecule has 0 radical (unpaired) electrons. The van der Waals surface area contributed by atoms with Gasteiger partial charge in [0.05, 0.1) is 14.2 Å². The average molecular weight is 310 g/mol. The van der Waals surface area contributed by atoms with Crippen LogP contribution >= 0.6 is 0 Å². The van der Waals surface area contributed by atoms with Crippen LogP contribution in [0.1, 0.15) is 25.0 Å². The number of hydrogen-bond donors (Lipinski definition) is 3. The maximum Gasteiger partial charge on any atom is 0.331 e. The second kappa shape index (κ2) is 8.89. The first kappa shape index (κ1) is 17.8. The summed E-state index contributed by atoms with van der Waals surface area (Å²) < 4.78 is 9.67. The zero-order valence-electron chi connectivity index (χ0n) is 13.0. The molecule has 3 N–H and O–H groups in total. The Labute approximate surface area is 129 Å². The lowest BCUT2D eigenvalue weighted by Crippen LogP contribution is -2.49. The van der Waals surface area contributed by atoms with Crippen molar-refractivity contribution in [3.63, 3.8) is 0 Å². The number of aliphatic hydroxyl groups is 1. The molecule has 0 fully saturated rings. The number of hydrogen-bond acceptors (Lipinski definition) is 5. The zero-order valence-corrected chi connectivity index (χ0v) is 13.0. The van der Waals surface area contributed by atoms with Gasteiger partial charge in [-0.3, -0.25) is 0 Å². The molecule has 22 heavy (non-hydrogen) atoms. The van der Waals surface area contributed by atoms with Gasteiger partial charge in [-0.2, -0.15) is 0 Å². The van der Waals surface area contributed by atoms with Crippen LogP contribution in [0, 0.1) is 0 Å². The third-order valence-corrected chi connectivity index (χ3v) is 3.05. The second-order valence-electron chi connectivity index (χ2n) is 4.62. The van der Waals surface area contributed by atoms with Crippen LogP contribution in [0.25, 0.3) is 0 Å². The van der Waals surface area contributed by atoms with Crippen LogP contribution in [0.4, 0.5) is 4.79 Å². The molecule has 0 spiro atoms. The van der Waals surface area contributed by atoms with E-state index in [0.717, 1.165) is 6.42 Å². The highest BCUT2D eigenvalue weighted by Gasteiger charge is 2.30. The van der Waals surface area contributed by atoms with E-state index in [-0.39, 0.29) is 0 Å². The third-order valence-electron chi connectivity index (χ3n) is 3.05. The number of nitrogens with one attached hydrogen (secondary N) is 2. The van der Waals surface area contributed by atoms with Gasteiger partial charge in [0.2, 0.25) is 0 Å². The number of amides is 2. The van der Waals surface area contributed by atoms with Gasteiger partial charge in [-0.05, 0) is 24.1 Å². The Morgan fingerprint density at radius 1 is 1.23 bits per heavy atom. The number of ether oxygens (including phenoxy) is 2. The fraction of sp³-hybridized carbons (Fsp3) is 0.467. The third kappa shape index (κ3) is 4.92. The van der Waals surface area contributed by atoms with Crippen molar-refractivity contribution in [1.29, 1.82) is 0 Å². The maximum atomic E-state index is 11.8. The molecule has 1 aromatic carbocycles. The van der Waals surface area contributed by atoms with Crippen molar-refractivity contribution in [3.8, 4) is 5.75 Å². The largest absolute Gasteiger partial charge is 0.497 e. The normalized spacial score (nSPS) is 12.9. The maximum absolute atomic E-state index is 11.8.